The molecule has 2 rings (SSSR count). The first-order valence-corrected chi connectivity index (χ1v) is 9.89. The maximum absolute atomic E-state index is 11.8. The highest BCUT2D eigenvalue weighted by Gasteiger charge is 2.07. The third kappa shape index (κ3) is 6.16. The summed E-state index contributed by atoms with van der Waals surface area (Å²) in [5.41, 5.74) is 3.29. The second-order valence-corrected chi connectivity index (χ2v) is 7.74. The van der Waals surface area contributed by atoms with Gasteiger partial charge in [0.25, 0.3) is 5.91 Å². The highest BCUT2D eigenvalue weighted by atomic mass is 32.2. The number of amides is 1. The third-order valence-corrected chi connectivity index (χ3v) is 4.99. The zero-order valence-electron chi connectivity index (χ0n) is 15.0. The van der Waals surface area contributed by atoms with Crippen molar-refractivity contribution in [2.45, 2.75) is 31.6 Å². The molecule has 1 amide bonds. The Hall–Kier alpha value is -2.38. The van der Waals surface area contributed by atoms with Crippen LogP contribution in [0.5, 0.6) is 5.75 Å². The number of hydrogen-bond acceptors (Lipinski definition) is 4. The number of nitrogens with one attached hydrogen (secondary N) is 1. The first kappa shape index (κ1) is 19.9. The molecule has 0 saturated carbocycles. The predicted octanol–water partition coefficient (Wildman–Crippen LogP) is 2.08. The molecule has 0 spiro atoms. The molecule has 0 fully saturated rings. The highest BCUT2D eigenvalue weighted by Crippen LogP contribution is 2.16. The molecule has 2 aromatic rings. The molecule has 0 radical (unpaired) electrons. The van der Waals surface area contributed by atoms with Crippen molar-refractivity contribution in [3.8, 4) is 5.75 Å². The molecule has 0 aliphatic carbocycles. The van der Waals surface area contributed by atoms with Crippen molar-refractivity contribution >= 4 is 15.9 Å². The Bertz CT molecular complexity index is 862. The Morgan fingerprint density at radius 2 is 1.77 bits per heavy atom. The molecule has 3 N–H and O–H groups in total. The van der Waals surface area contributed by atoms with E-state index in [1.807, 2.05) is 32.0 Å². The van der Waals surface area contributed by atoms with Crippen LogP contribution in [0.15, 0.2) is 47.4 Å². The first-order valence-electron chi connectivity index (χ1n) is 8.34. The number of sulfonamides is 1. The van der Waals surface area contributed by atoms with Crippen molar-refractivity contribution < 1.29 is 17.9 Å². The van der Waals surface area contributed by atoms with E-state index in [0.717, 1.165) is 24.0 Å². The fourth-order valence-corrected chi connectivity index (χ4v) is 2.89. The Labute approximate surface area is 154 Å². The van der Waals surface area contributed by atoms with Crippen LogP contribution in [-0.2, 0) is 21.2 Å². The summed E-state index contributed by atoms with van der Waals surface area (Å²) in [5, 5.41) is 7.87. The van der Waals surface area contributed by atoms with E-state index in [4.69, 9.17) is 9.88 Å². The average Bonchev–Trinajstić information content (AvgIpc) is 2.59. The zero-order valence-corrected chi connectivity index (χ0v) is 15.8. The van der Waals surface area contributed by atoms with Crippen molar-refractivity contribution in [2.24, 2.45) is 5.14 Å². The first-order chi connectivity index (χ1) is 12.3. The lowest BCUT2D eigenvalue weighted by Crippen LogP contribution is -2.29. The van der Waals surface area contributed by atoms with Gasteiger partial charge in [-0.05, 0) is 67.6 Å². The van der Waals surface area contributed by atoms with E-state index in [-0.39, 0.29) is 17.4 Å². The van der Waals surface area contributed by atoms with E-state index in [1.54, 1.807) is 12.1 Å². The smallest absolute Gasteiger partial charge is 0.257 e. The molecule has 26 heavy (non-hydrogen) atoms. The maximum Gasteiger partial charge on any atom is 0.257 e. The molecule has 0 aliphatic heterocycles. The number of ether oxygens (including phenoxy) is 1. The van der Waals surface area contributed by atoms with Gasteiger partial charge in [0.15, 0.2) is 6.61 Å². The van der Waals surface area contributed by atoms with Crippen molar-refractivity contribution in [1.29, 1.82) is 0 Å². The van der Waals surface area contributed by atoms with Gasteiger partial charge >= 0.3 is 0 Å². The molecular weight excluding hydrogens is 352 g/mol. The highest BCUT2D eigenvalue weighted by molar-refractivity contribution is 7.89. The summed E-state index contributed by atoms with van der Waals surface area (Å²) in [6, 6.07) is 12.1. The maximum atomic E-state index is 11.8. The van der Waals surface area contributed by atoms with Gasteiger partial charge < -0.3 is 10.1 Å². The lowest BCUT2D eigenvalue weighted by atomic mass is 10.1. The molecule has 0 atom stereocenters. The normalized spacial score (nSPS) is 11.2. The topological polar surface area (TPSA) is 98.5 Å². The van der Waals surface area contributed by atoms with E-state index in [1.165, 1.54) is 17.7 Å². The van der Waals surface area contributed by atoms with Crippen LogP contribution in [0.3, 0.4) is 0 Å². The number of benzene rings is 2. The van der Waals surface area contributed by atoms with Gasteiger partial charge in [0, 0.05) is 6.54 Å². The van der Waals surface area contributed by atoms with Crippen LogP contribution in [0, 0.1) is 13.8 Å². The molecule has 0 unspecified atom stereocenters. The molecule has 7 heteroatoms. The number of rotatable bonds is 8. The lowest BCUT2D eigenvalue weighted by molar-refractivity contribution is -0.123. The van der Waals surface area contributed by atoms with Gasteiger partial charge in [-0.25, -0.2) is 13.6 Å². The molecule has 0 heterocycles. The molecular formula is C19H24N2O4S. The number of hydrogen-bond donors (Lipinski definition) is 2. The molecule has 0 aromatic heterocycles. The second kappa shape index (κ2) is 8.82. The molecule has 0 aliphatic rings. The SMILES string of the molecule is Cc1ccc(OCC(=O)NCCCc2ccc(S(N)(=O)=O)cc2)cc1C. The number of aryl methyl sites for hydroxylation is 3. The van der Waals surface area contributed by atoms with Gasteiger partial charge in [-0.1, -0.05) is 18.2 Å². The van der Waals surface area contributed by atoms with Gasteiger partial charge in [-0.3, -0.25) is 4.79 Å². The van der Waals surface area contributed by atoms with E-state index in [9.17, 15) is 13.2 Å². The van der Waals surface area contributed by atoms with Gasteiger partial charge in [0.2, 0.25) is 10.0 Å². The van der Waals surface area contributed by atoms with E-state index >= 15 is 0 Å². The molecule has 140 valence electrons. The van der Waals surface area contributed by atoms with E-state index < -0.39 is 10.0 Å². The van der Waals surface area contributed by atoms with Crippen LogP contribution in [0.2, 0.25) is 0 Å². The molecule has 0 saturated heterocycles. The van der Waals surface area contributed by atoms with Crippen LogP contribution >= 0.6 is 0 Å². The number of nitrogens with two attached hydrogens (primary N) is 1. The zero-order chi connectivity index (χ0) is 19.2. The fraction of sp³-hybridized carbons (Fsp3) is 0.316. The summed E-state index contributed by atoms with van der Waals surface area (Å²) in [6.45, 7) is 4.52. The van der Waals surface area contributed by atoms with Crippen LogP contribution in [0.4, 0.5) is 0 Å². The minimum absolute atomic E-state index is 0.0223. The summed E-state index contributed by atoms with van der Waals surface area (Å²) in [4.78, 5) is 11.9. The van der Waals surface area contributed by atoms with E-state index in [2.05, 4.69) is 5.32 Å². The summed E-state index contributed by atoms with van der Waals surface area (Å²) in [5.74, 6) is 0.506. The second-order valence-electron chi connectivity index (χ2n) is 6.18. The lowest BCUT2D eigenvalue weighted by Gasteiger charge is -2.09. The summed E-state index contributed by atoms with van der Waals surface area (Å²) in [7, 11) is -3.66. The van der Waals surface area contributed by atoms with Gasteiger partial charge in [-0.15, -0.1) is 0 Å². The molecule has 2 aromatic carbocycles. The van der Waals surface area contributed by atoms with E-state index in [0.29, 0.717) is 12.3 Å². The predicted molar refractivity (Wildman–Crippen MR) is 101 cm³/mol. The Morgan fingerprint density at radius 3 is 2.38 bits per heavy atom. The standard InChI is InChI=1S/C19H24N2O4S/c1-14-5-8-17(12-15(14)2)25-13-19(22)21-11-3-4-16-6-9-18(10-7-16)26(20,23)24/h5-10,12H,3-4,11,13H2,1-2H3,(H,21,22)(H2,20,23,24). The monoisotopic (exact) mass is 376 g/mol. The summed E-state index contributed by atoms with van der Waals surface area (Å²) < 4.78 is 27.9. The van der Waals surface area contributed by atoms with Crippen molar-refractivity contribution in [3.63, 3.8) is 0 Å². The number of carbonyl (C=O) groups excluding carboxylic acids is 1. The van der Waals surface area contributed by atoms with Crippen LogP contribution < -0.4 is 15.2 Å². The average molecular weight is 376 g/mol. The van der Waals surface area contributed by atoms with Gasteiger partial charge in [-0.2, -0.15) is 0 Å². The Morgan fingerprint density at radius 1 is 1.08 bits per heavy atom. The van der Waals surface area contributed by atoms with Crippen molar-refractivity contribution in [3.05, 3.63) is 59.2 Å². The van der Waals surface area contributed by atoms with Crippen molar-refractivity contribution in [2.75, 3.05) is 13.2 Å². The molecule has 6 nitrogen and oxygen atoms in total. The van der Waals surface area contributed by atoms with Crippen molar-refractivity contribution in [1.82, 2.24) is 5.32 Å². The quantitative estimate of drug-likeness (QED) is 0.689. The summed E-state index contributed by atoms with van der Waals surface area (Å²) in [6.07, 6.45) is 1.47. The Kier molecular flexibility index (Phi) is 6.76. The number of primary sulfonamides is 1. The summed E-state index contributed by atoms with van der Waals surface area (Å²) >= 11 is 0. The minimum atomic E-state index is -3.66. The largest absolute Gasteiger partial charge is 0.484 e. The van der Waals surface area contributed by atoms with Gasteiger partial charge in [0.1, 0.15) is 5.75 Å². The minimum Gasteiger partial charge on any atom is -0.484 e. The fourth-order valence-electron chi connectivity index (χ4n) is 2.37. The van der Waals surface area contributed by atoms with Gasteiger partial charge in [0.05, 0.1) is 4.90 Å². The number of carbonyl (C=O) groups is 1. The van der Waals surface area contributed by atoms with Crippen LogP contribution in [0.1, 0.15) is 23.1 Å². The Balaban J connectivity index is 1.69. The third-order valence-electron chi connectivity index (χ3n) is 4.06. The van der Waals surface area contributed by atoms with Crippen LogP contribution in [0.25, 0.3) is 0 Å². The molecule has 0 bridgehead atoms. The van der Waals surface area contributed by atoms with Crippen LogP contribution in [-0.4, -0.2) is 27.5 Å².